The maximum atomic E-state index is 14.4. The molecule has 3 rings (SSSR count). The second kappa shape index (κ2) is 9.07. The minimum Gasteiger partial charge on any atom is -0.352 e. The van der Waals surface area contributed by atoms with Crippen LogP contribution < -0.4 is 5.32 Å². The fraction of sp³-hybridized carbons (Fsp3) is 0.444. The van der Waals surface area contributed by atoms with Crippen molar-refractivity contribution in [1.29, 1.82) is 0 Å². The molecule has 142 valence electrons. The van der Waals surface area contributed by atoms with Crippen LogP contribution in [0.2, 0.25) is 0 Å². The Morgan fingerprint density at radius 2 is 2.23 bits per heavy atom. The molecule has 2 aromatic rings. The van der Waals surface area contributed by atoms with Crippen LogP contribution >= 0.6 is 35.7 Å². The van der Waals surface area contributed by atoms with Crippen molar-refractivity contribution in [2.75, 3.05) is 25.9 Å². The monoisotopic (exact) mass is 489 g/mol. The number of aliphatic imine (C=N–C) groups is 1. The Balaban J connectivity index is 0.00000243. The van der Waals surface area contributed by atoms with Crippen molar-refractivity contribution in [2.24, 2.45) is 4.99 Å². The largest absolute Gasteiger partial charge is 0.352 e. The van der Waals surface area contributed by atoms with Crippen LogP contribution in [0.15, 0.2) is 41.9 Å². The molecule has 1 aromatic heterocycles. The number of nitrogens with zero attached hydrogens (tertiary/aromatic N) is 4. The van der Waals surface area contributed by atoms with Gasteiger partial charge in [-0.1, -0.05) is 6.07 Å². The van der Waals surface area contributed by atoms with Crippen LogP contribution in [-0.4, -0.2) is 51.0 Å². The van der Waals surface area contributed by atoms with E-state index in [1.54, 1.807) is 42.5 Å². The second-order valence-electron chi connectivity index (χ2n) is 6.69. The number of imidazole rings is 1. The highest BCUT2D eigenvalue weighted by Crippen LogP contribution is 2.29. The molecule has 8 heteroatoms. The van der Waals surface area contributed by atoms with Gasteiger partial charge in [0.1, 0.15) is 5.82 Å². The number of halogens is 2. The van der Waals surface area contributed by atoms with E-state index in [-0.39, 0.29) is 34.5 Å². The molecule has 1 N–H and O–H groups in total. The molecule has 0 unspecified atom stereocenters. The van der Waals surface area contributed by atoms with E-state index < -0.39 is 0 Å². The van der Waals surface area contributed by atoms with Crippen molar-refractivity contribution in [2.45, 2.75) is 25.1 Å². The maximum absolute atomic E-state index is 14.4. The van der Waals surface area contributed by atoms with E-state index in [0.29, 0.717) is 12.2 Å². The highest BCUT2D eigenvalue weighted by Gasteiger charge is 2.28. The molecular formula is C18H25FIN5S. The molecule has 0 spiro atoms. The third-order valence-electron chi connectivity index (χ3n) is 4.18. The molecule has 0 atom stereocenters. The molecule has 26 heavy (non-hydrogen) atoms. The van der Waals surface area contributed by atoms with Crippen LogP contribution in [0.1, 0.15) is 19.4 Å². The Morgan fingerprint density at radius 1 is 1.42 bits per heavy atom. The van der Waals surface area contributed by atoms with Crippen LogP contribution in [0.5, 0.6) is 0 Å². The zero-order chi connectivity index (χ0) is 17.9. The fourth-order valence-corrected chi connectivity index (χ4v) is 4.09. The third-order valence-corrected chi connectivity index (χ3v) is 5.48. The molecule has 1 aliphatic rings. The maximum Gasteiger partial charge on any atom is 0.193 e. The number of guanidine groups is 1. The van der Waals surface area contributed by atoms with Crippen molar-refractivity contribution >= 4 is 41.7 Å². The summed E-state index contributed by atoms with van der Waals surface area (Å²) in [5.74, 6) is 1.69. The first-order valence-corrected chi connectivity index (χ1v) is 9.33. The van der Waals surface area contributed by atoms with Gasteiger partial charge in [0.05, 0.1) is 12.0 Å². The molecule has 1 aromatic carbocycles. The van der Waals surface area contributed by atoms with Crippen LogP contribution in [-0.2, 0) is 6.54 Å². The number of benzene rings is 1. The van der Waals surface area contributed by atoms with E-state index in [9.17, 15) is 4.39 Å². The first-order valence-electron chi connectivity index (χ1n) is 8.35. The fourth-order valence-electron chi connectivity index (χ4n) is 2.98. The normalized spacial score (nSPS) is 16.9. The highest BCUT2D eigenvalue weighted by atomic mass is 127. The summed E-state index contributed by atoms with van der Waals surface area (Å²) in [5.41, 5.74) is 1.38. The SMILES string of the molecule is CN=C(NCc1ccc(-n2ccnc2)c(F)c1)N1CCSC(C)(C)C1.I. The van der Waals surface area contributed by atoms with E-state index in [1.807, 2.05) is 17.8 Å². The van der Waals surface area contributed by atoms with Crippen LogP contribution in [0.25, 0.3) is 5.69 Å². The molecule has 0 bridgehead atoms. The minimum atomic E-state index is -0.261. The molecule has 2 heterocycles. The zero-order valence-electron chi connectivity index (χ0n) is 15.3. The third kappa shape index (κ3) is 5.12. The Labute approximate surface area is 175 Å². The summed E-state index contributed by atoms with van der Waals surface area (Å²) in [6.45, 7) is 6.97. The van der Waals surface area contributed by atoms with Gasteiger partial charge in [-0.25, -0.2) is 9.37 Å². The van der Waals surface area contributed by atoms with Crippen LogP contribution in [0, 0.1) is 5.82 Å². The van der Waals surface area contributed by atoms with Crippen molar-refractivity contribution in [3.8, 4) is 5.69 Å². The summed E-state index contributed by atoms with van der Waals surface area (Å²) in [7, 11) is 1.79. The van der Waals surface area contributed by atoms with Gasteiger partial charge in [-0.3, -0.25) is 4.99 Å². The lowest BCUT2D eigenvalue weighted by atomic mass is 10.2. The number of rotatable bonds is 3. The summed E-state index contributed by atoms with van der Waals surface area (Å²) in [6, 6.07) is 5.26. The molecule has 0 amide bonds. The van der Waals surface area contributed by atoms with Gasteiger partial charge in [0.2, 0.25) is 0 Å². The summed E-state index contributed by atoms with van der Waals surface area (Å²) in [5, 5.41) is 3.36. The molecule has 1 fully saturated rings. The Kier molecular flexibility index (Phi) is 7.33. The van der Waals surface area contributed by atoms with Crippen molar-refractivity contribution in [3.63, 3.8) is 0 Å². The predicted octanol–water partition coefficient (Wildman–Crippen LogP) is 3.53. The summed E-state index contributed by atoms with van der Waals surface area (Å²) < 4.78 is 16.2. The zero-order valence-corrected chi connectivity index (χ0v) is 18.4. The predicted molar refractivity (Wildman–Crippen MR) is 117 cm³/mol. The van der Waals surface area contributed by atoms with Crippen LogP contribution in [0.4, 0.5) is 4.39 Å². The van der Waals surface area contributed by atoms with Gasteiger partial charge in [0, 0.05) is 49.6 Å². The van der Waals surface area contributed by atoms with Gasteiger partial charge in [-0.05, 0) is 31.5 Å². The Hall–Kier alpha value is -1.29. The van der Waals surface area contributed by atoms with E-state index in [2.05, 4.69) is 34.0 Å². The molecule has 0 saturated carbocycles. The second-order valence-corrected chi connectivity index (χ2v) is 8.49. The van der Waals surface area contributed by atoms with Crippen molar-refractivity contribution in [3.05, 3.63) is 48.3 Å². The average molecular weight is 489 g/mol. The summed E-state index contributed by atoms with van der Waals surface area (Å²) >= 11 is 1.99. The molecule has 5 nitrogen and oxygen atoms in total. The molecule has 1 aliphatic heterocycles. The highest BCUT2D eigenvalue weighted by molar-refractivity contribution is 14.0. The van der Waals surface area contributed by atoms with E-state index >= 15 is 0 Å². The minimum absolute atomic E-state index is 0. The number of hydrogen-bond acceptors (Lipinski definition) is 3. The number of nitrogens with one attached hydrogen (secondary N) is 1. The lowest BCUT2D eigenvalue weighted by molar-refractivity contribution is 0.375. The van der Waals surface area contributed by atoms with Gasteiger partial charge in [0.25, 0.3) is 0 Å². The standard InChI is InChI=1S/C18H24FN5S.HI/c1-18(2)12-23(8-9-25-18)17(20-3)22-11-14-4-5-16(15(19)10-14)24-7-6-21-13-24;/h4-7,10,13H,8-9,11-12H2,1-3H3,(H,20,22);1H. The van der Waals surface area contributed by atoms with E-state index in [1.165, 1.54) is 0 Å². The molecule has 1 saturated heterocycles. The Morgan fingerprint density at radius 3 is 2.85 bits per heavy atom. The van der Waals surface area contributed by atoms with Gasteiger partial charge in [0.15, 0.2) is 5.96 Å². The van der Waals surface area contributed by atoms with E-state index in [4.69, 9.17) is 0 Å². The summed E-state index contributed by atoms with van der Waals surface area (Å²) in [6.07, 6.45) is 4.96. The molecular weight excluding hydrogens is 464 g/mol. The molecule has 0 radical (unpaired) electrons. The Bertz CT molecular complexity index is 748. The topological polar surface area (TPSA) is 45.5 Å². The first-order chi connectivity index (χ1) is 12.0. The van der Waals surface area contributed by atoms with Gasteiger partial charge < -0.3 is 14.8 Å². The number of aromatic nitrogens is 2. The number of hydrogen-bond donors (Lipinski definition) is 1. The van der Waals surface area contributed by atoms with Crippen molar-refractivity contribution < 1.29 is 4.39 Å². The van der Waals surface area contributed by atoms with Gasteiger partial charge in [-0.15, -0.1) is 24.0 Å². The van der Waals surface area contributed by atoms with Crippen LogP contribution in [0.3, 0.4) is 0 Å². The number of thioether (sulfide) groups is 1. The first kappa shape index (κ1) is 21.0. The van der Waals surface area contributed by atoms with Gasteiger partial charge in [-0.2, -0.15) is 11.8 Å². The lowest BCUT2D eigenvalue weighted by Gasteiger charge is -2.39. The lowest BCUT2D eigenvalue weighted by Crippen LogP contribution is -2.50. The quantitative estimate of drug-likeness (QED) is 0.407. The summed E-state index contributed by atoms with van der Waals surface area (Å²) in [4.78, 5) is 10.6. The van der Waals surface area contributed by atoms with Gasteiger partial charge >= 0.3 is 0 Å². The smallest absolute Gasteiger partial charge is 0.193 e. The molecule has 0 aliphatic carbocycles. The average Bonchev–Trinajstić information content (AvgIpc) is 3.09. The van der Waals surface area contributed by atoms with Crippen molar-refractivity contribution in [1.82, 2.24) is 19.8 Å². The van der Waals surface area contributed by atoms with E-state index in [0.717, 1.165) is 30.4 Å².